The number of phenols is 1. The lowest BCUT2D eigenvalue weighted by atomic mass is 9.97. The Labute approximate surface area is 522 Å². The molecule has 10 amide bonds. The lowest BCUT2D eigenvalue weighted by Gasteiger charge is -2.28. The maximum atomic E-state index is 14.3. The number of aliphatic carboxylic acids is 1. The predicted molar refractivity (Wildman–Crippen MR) is 337 cm³/mol. The summed E-state index contributed by atoms with van der Waals surface area (Å²) in [5.74, 6) is -9.92. The van der Waals surface area contributed by atoms with Crippen molar-refractivity contribution >= 4 is 75.9 Å². The Morgan fingerprint density at radius 2 is 1.03 bits per heavy atom. The molecule has 0 aliphatic heterocycles. The van der Waals surface area contributed by atoms with Crippen molar-refractivity contribution in [2.24, 2.45) is 23.1 Å². The fourth-order valence-corrected chi connectivity index (χ4v) is 9.87. The summed E-state index contributed by atoms with van der Waals surface area (Å²) in [6.45, 7) is 6.20. The number of amides is 10. The fourth-order valence-electron chi connectivity index (χ4n) is 9.87. The number of fused-ring (bicyclic) bond motifs is 1. The van der Waals surface area contributed by atoms with Crippen molar-refractivity contribution in [3.05, 3.63) is 65.9 Å². The molecule has 494 valence electrons. The Kier molecular flexibility index (Phi) is 35.4. The van der Waals surface area contributed by atoms with Crippen LogP contribution in [0.1, 0.15) is 167 Å². The first-order chi connectivity index (χ1) is 42.6. The number of aromatic hydroxyl groups is 1. The maximum absolute atomic E-state index is 14.3. The number of unbranched alkanes of at least 4 members (excludes halogenated alkanes) is 12. The minimum absolute atomic E-state index is 0.0261. The molecule has 2 aromatic carbocycles. The molecule has 26 heteroatoms. The number of primary amides is 1. The van der Waals surface area contributed by atoms with Crippen LogP contribution < -0.4 is 65.1 Å². The first kappa shape index (κ1) is 75.1. The number of aromatic nitrogens is 1. The first-order valence-corrected chi connectivity index (χ1v) is 31.5. The molecular weight excluding hydrogens is 1150 g/mol. The van der Waals surface area contributed by atoms with E-state index in [1.807, 2.05) is 24.3 Å². The van der Waals surface area contributed by atoms with Gasteiger partial charge in [-0.2, -0.15) is 0 Å². The zero-order valence-corrected chi connectivity index (χ0v) is 52.3. The molecule has 0 aliphatic carbocycles. The van der Waals surface area contributed by atoms with E-state index in [0.717, 1.165) is 35.7 Å². The lowest BCUT2D eigenvalue weighted by molar-refractivity contribution is -0.142. The van der Waals surface area contributed by atoms with E-state index in [1.54, 1.807) is 20.0 Å². The summed E-state index contributed by atoms with van der Waals surface area (Å²) in [5, 5.41) is 43.2. The molecule has 18 N–H and O–H groups in total. The quantitative estimate of drug-likeness (QED) is 0.0361. The number of hydrogen-bond donors (Lipinski definition) is 15. The summed E-state index contributed by atoms with van der Waals surface area (Å²) in [6, 6.07) is 3.63. The summed E-state index contributed by atoms with van der Waals surface area (Å²) >= 11 is 0. The van der Waals surface area contributed by atoms with E-state index >= 15 is 0 Å². The van der Waals surface area contributed by atoms with Gasteiger partial charge in [0, 0.05) is 36.4 Å². The second kappa shape index (κ2) is 41.9. The van der Waals surface area contributed by atoms with Gasteiger partial charge < -0.3 is 80.2 Å². The van der Waals surface area contributed by atoms with Crippen molar-refractivity contribution in [3.8, 4) is 5.75 Å². The number of carboxylic acid groups (broad SMARTS) is 1. The molecule has 0 fully saturated rings. The second-order valence-electron chi connectivity index (χ2n) is 22.8. The number of nitrogens with one attached hydrogen (secondary N) is 10. The maximum Gasteiger partial charge on any atom is 0.325 e. The third kappa shape index (κ3) is 29.2. The van der Waals surface area contributed by atoms with Crippen molar-refractivity contribution in [2.45, 2.75) is 211 Å². The number of nitrogens with two attached hydrogens (primary N) is 3. The molecule has 89 heavy (non-hydrogen) atoms. The number of carbonyl (C=O) groups is 11. The minimum Gasteiger partial charge on any atom is -0.508 e. The van der Waals surface area contributed by atoms with Gasteiger partial charge in [0.25, 0.3) is 0 Å². The SMILES string of the molecule is CCCCCCCCCCCCCC(=O)N[C@H](Cc1c[nH]c2ccccc12)C(=O)NCC(=O)NCC(=O)N[C@@H](C(=O)N[C@H](CCCCN)C(=O)N[C@H](CCCCN)C(=O)N[C@H](CC(N)=O)C(=O)N[C@H](Cc1ccc(O)cc1)C(=O)N[C@H](C)C(=O)O)[C@H](C)CC. The number of H-pyrrole nitrogens is 1. The summed E-state index contributed by atoms with van der Waals surface area (Å²) in [4.78, 5) is 151. The minimum atomic E-state index is -1.72. The second-order valence-corrected chi connectivity index (χ2v) is 22.8. The molecule has 3 aromatic rings. The van der Waals surface area contributed by atoms with Crippen molar-refractivity contribution in [1.82, 2.24) is 52.8 Å². The molecule has 1 aromatic heterocycles. The summed E-state index contributed by atoms with van der Waals surface area (Å²) in [6.07, 6.45) is 15.4. The normalized spacial score (nSPS) is 13.8. The van der Waals surface area contributed by atoms with E-state index in [4.69, 9.17) is 17.2 Å². The van der Waals surface area contributed by atoms with Gasteiger partial charge in [-0.15, -0.1) is 0 Å². The molecule has 0 saturated heterocycles. The van der Waals surface area contributed by atoms with E-state index in [9.17, 15) is 63.0 Å². The number of carboxylic acids is 1. The molecule has 0 bridgehead atoms. The van der Waals surface area contributed by atoms with Gasteiger partial charge >= 0.3 is 5.97 Å². The van der Waals surface area contributed by atoms with Crippen molar-refractivity contribution in [2.75, 3.05) is 26.2 Å². The van der Waals surface area contributed by atoms with E-state index in [-0.39, 0.29) is 63.3 Å². The largest absolute Gasteiger partial charge is 0.508 e. The van der Waals surface area contributed by atoms with Crippen LogP contribution in [-0.2, 0) is 65.6 Å². The van der Waals surface area contributed by atoms with Gasteiger partial charge in [0.1, 0.15) is 48.0 Å². The van der Waals surface area contributed by atoms with Gasteiger partial charge in [0.15, 0.2) is 0 Å². The predicted octanol–water partition coefficient (Wildman–Crippen LogP) is 2.27. The molecule has 3 rings (SSSR count). The zero-order chi connectivity index (χ0) is 65.7. The van der Waals surface area contributed by atoms with Crippen LogP contribution in [0.4, 0.5) is 0 Å². The van der Waals surface area contributed by atoms with E-state index in [2.05, 4.69) is 59.8 Å². The molecule has 0 spiro atoms. The third-order valence-electron chi connectivity index (χ3n) is 15.4. The average molecular weight is 1250 g/mol. The monoisotopic (exact) mass is 1250 g/mol. The van der Waals surface area contributed by atoms with Crippen LogP contribution in [0.2, 0.25) is 0 Å². The molecule has 1 heterocycles. The zero-order valence-electron chi connectivity index (χ0n) is 52.3. The van der Waals surface area contributed by atoms with Crippen LogP contribution in [0.5, 0.6) is 5.75 Å². The van der Waals surface area contributed by atoms with Gasteiger partial charge in [-0.25, -0.2) is 0 Å². The van der Waals surface area contributed by atoms with Crippen LogP contribution in [0.15, 0.2) is 54.7 Å². The van der Waals surface area contributed by atoms with Crippen LogP contribution in [0.3, 0.4) is 0 Å². The van der Waals surface area contributed by atoms with Crippen molar-refractivity contribution < 1.29 is 63.0 Å². The van der Waals surface area contributed by atoms with Gasteiger partial charge in [-0.3, -0.25) is 52.7 Å². The molecule has 0 saturated carbocycles. The molecule has 0 aliphatic rings. The van der Waals surface area contributed by atoms with Crippen LogP contribution >= 0.6 is 0 Å². The highest BCUT2D eigenvalue weighted by atomic mass is 16.4. The Morgan fingerprint density at radius 3 is 1.61 bits per heavy atom. The van der Waals surface area contributed by atoms with Gasteiger partial charge in [0.05, 0.1) is 19.5 Å². The lowest BCUT2D eigenvalue weighted by Crippen LogP contribution is -2.60. The average Bonchev–Trinajstić information content (AvgIpc) is 3.07. The summed E-state index contributed by atoms with van der Waals surface area (Å²) in [5.41, 5.74) is 19.1. The molecular formula is C63H99N13O13. The Morgan fingerprint density at radius 1 is 0.517 bits per heavy atom. The molecule has 8 atom stereocenters. The van der Waals surface area contributed by atoms with Crippen LogP contribution in [0.25, 0.3) is 10.9 Å². The fraction of sp³-hybridized carbons (Fsp3) is 0.603. The number of aromatic amines is 1. The van der Waals surface area contributed by atoms with E-state index < -0.39 is 127 Å². The van der Waals surface area contributed by atoms with Gasteiger partial charge in [-0.1, -0.05) is 122 Å². The summed E-state index contributed by atoms with van der Waals surface area (Å²) in [7, 11) is 0. The number of para-hydroxylation sites is 1. The van der Waals surface area contributed by atoms with Crippen molar-refractivity contribution in [1.29, 1.82) is 0 Å². The number of phenolic OH excluding ortho intramolecular Hbond substituents is 1. The highest BCUT2D eigenvalue weighted by Crippen LogP contribution is 2.20. The molecule has 26 nitrogen and oxygen atoms in total. The smallest absolute Gasteiger partial charge is 0.325 e. The van der Waals surface area contributed by atoms with Gasteiger partial charge in [0.2, 0.25) is 59.1 Å². The standard InChI is InChI=1S/C63H99N13O13/c1-5-7-8-9-10-11-12-13-14-15-16-27-53(79)71-50(35-43-37-67-46-24-18-17-23-45(43)46)57(82)69-38-54(80)68-39-55(81)76-56(40(3)6-2)62(87)73-48(26-20-22-33-65)58(83)72-47(25-19-21-32-64)59(84)75-51(36-52(66)78)61(86)74-49(60(85)70-41(4)63(88)89)34-42-28-30-44(77)31-29-42/h17-18,23-24,28-31,37,40-41,47-51,56,67,77H,5-16,19-22,25-27,32-36,38-39,64-65H2,1-4H3,(H2,66,78)(H,68,80)(H,69,82)(H,70,85)(H,71,79)(H,72,83)(H,73,87)(H,74,86)(H,75,84)(H,76,81)(H,88,89)/t40-,41-,47-,48-,49-,50-,51-,56-/m1/s1. The van der Waals surface area contributed by atoms with Crippen LogP contribution in [0, 0.1) is 5.92 Å². The number of hydrogen-bond acceptors (Lipinski definition) is 14. The van der Waals surface area contributed by atoms with Crippen LogP contribution in [-0.4, -0.2) is 149 Å². The number of benzene rings is 2. The highest BCUT2D eigenvalue weighted by Gasteiger charge is 2.35. The van der Waals surface area contributed by atoms with Crippen molar-refractivity contribution in [3.63, 3.8) is 0 Å². The van der Waals surface area contributed by atoms with E-state index in [0.29, 0.717) is 37.7 Å². The topological polar surface area (TPSA) is 430 Å². The van der Waals surface area contributed by atoms with E-state index in [1.165, 1.54) is 76.1 Å². The Balaban J connectivity index is 1.70. The third-order valence-corrected chi connectivity index (χ3v) is 15.4. The molecule has 0 unspecified atom stereocenters. The highest BCUT2D eigenvalue weighted by molar-refractivity contribution is 5.99. The first-order valence-electron chi connectivity index (χ1n) is 31.5. The Hall–Kier alpha value is -8.13. The Bertz CT molecular complexity index is 2740. The van der Waals surface area contributed by atoms with Gasteiger partial charge in [-0.05, 0) is 100 Å². The number of carbonyl (C=O) groups excluding carboxylic acids is 10. The summed E-state index contributed by atoms with van der Waals surface area (Å²) < 4.78 is 0. The number of rotatable bonds is 46. The molecule has 0 radical (unpaired) electrons.